The Balaban J connectivity index is 2.08. The van der Waals surface area contributed by atoms with Crippen LogP contribution in [0.5, 0.6) is 0 Å². The summed E-state index contributed by atoms with van der Waals surface area (Å²) in [5.74, 6) is 0. The van der Waals surface area contributed by atoms with Crippen LogP contribution in [0.4, 0.5) is 4.79 Å². The van der Waals surface area contributed by atoms with Crippen molar-refractivity contribution in [2.45, 2.75) is 12.3 Å². The smallest absolute Gasteiger partial charge is 0.317 e. The first-order valence-electron chi connectivity index (χ1n) is 3.15. The fraction of sp³-hybridized carbons (Fsp3) is 0.500. The maximum atomic E-state index is 10.7. The van der Waals surface area contributed by atoms with Gasteiger partial charge in [-0.15, -0.1) is 0 Å². The Morgan fingerprint density at radius 1 is 1.18 bits per heavy atom. The first kappa shape index (κ1) is 6.62. The summed E-state index contributed by atoms with van der Waals surface area (Å²) in [6, 6.07) is -0.202. The van der Waals surface area contributed by atoms with Gasteiger partial charge in [0.25, 0.3) is 0 Å². The highest BCUT2D eigenvalue weighted by Crippen LogP contribution is 1.96. The van der Waals surface area contributed by atoms with Crippen LogP contribution in [0.1, 0.15) is 0 Å². The molecule has 0 aliphatic carbocycles. The van der Waals surface area contributed by atoms with Gasteiger partial charge in [-0.1, -0.05) is 0 Å². The average molecular weight is 173 g/mol. The van der Waals surface area contributed by atoms with E-state index in [9.17, 15) is 4.79 Å². The Hall–Kier alpha value is -1.08. The second kappa shape index (κ2) is 2.21. The minimum Gasteiger partial charge on any atom is -0.339 e. The molecule has 0 spiro atoms. The van der Waals surface area contributed by atoms with Gasteiger partial charge >= 0.3 is 6.03 Å². The van der Waals surface area contributed by atoms with E-state index in [-0.39, 0.29) is 18.4 Å². The maximum absolute atomic E-state index is 10.7. The molecule has 2 rings (SSSR count). The largest absolute Gasteiger partial charge is 0.339 e. The predicted molar refractivity (Wildman–Crippen MR) is 41.2 cm³/mol. The number of rotatable bonds is 0. The Morgan fingerprint density at radius 3 is 2.73 bits per heavy atom. The molecule has 0 aromatic heterocycles. The Kier molecular flexibility index (Phi) is 1.33. The first-order chi connectivity index (χ1) is 5.25. The summed E-state index contributed by atoms with van der Waals surface area (Å²) in [7, 11) is 0. The van der Waals surface area contributed by atoms with E-state index in [0.717, 1.165) is 0 Å². The van der Waals surface area contributed by atoms with Crippen LogP contribution < -0.4 is 26.8 Å². The number of hydrogen-bond acceptors (Lipinski definition) is 3. The molecule has 0 radical (unpaired) electrons. The number of fused-ring (bicyclic) bond motifs is 1. The standard InChI is InChI=1S/C4H7N5OS/c10-3-5-1-2(6-3)8-9-4(11)7-1/h1-2,8H,(H2,5,6,10)(H2,7,9,11)/t1-,2+/m0/s1. The number of nitrogens with one attached hydrogen (secondary N) is 5. The molecule has 0 bridgehead atoms. The van der Waals surface area contributed by atoms with Crippen molar-refractivity contribution in [2.24, 2.45) is 0 Å². The van der Waals surface area contributed by atoms with E-state index >= 15 is 0 Å². The van der Waals surface area contributed by atoms with Gasteiger partial charge in [-0.05, 0) is 12.2 Å². The lowest BCUT2D eigenvalue weighted by atomic mass is 10.4. The molecule has 6 nitrogen and oxygen atoms in total. The summed E-state index contributed by atoms with van der Waals surface area (Å²) in [5, 5.41) is 8.62. The predicted octanol–water partition coefficient (Wildman–Crippen LogP) is -2.07. The second-order valence-electron chi connectivity index (χ2n) is 2.32. The highest BCUT2D eigenvalue weighted by molar-refractivity contribution is 7.80. The molecule has 60 valence electrons. The summed E-state index contributed by atoms with van der Waals surface area (Å²) in [4.78, 5) is 10.7. The molecular formula is C4H7N5OS. The average Bonchev–Trinajstić information content (AvgIpc) is 2.27. The van der Waals surface area contributed by atoms with Crippen LogP contribution >= 0.6 is 12.2 Å². The molecule has 5 N–H and O–H groups in total. The van der Waals surface area contributed by atoms with Gasteiger partial charge in [0.15, 0.2) is 5.11 Å². The molecule has 0 aromatic rings. The molecule has 11 heavy (non-hydrogen) atoms. The van der Waals surface area contributed by atoms with Crippen LogP contribution in [0.25, 0.3) is 0 Å². The fourth-order valence-corrected chi connectivity index (χ4v) is 1.24. The third kappa shape index (κ3) is 1.08. The van der Waals surface area contributed by atoms with E-state index in [2.05, 4.69) is 26.8 Å². The summed E-state index contributed by atoms with van der Waals surface area (Å²) in [6.45, 7) is 0. The lowest BCUT2D eigenvalue weighted by Crippen LogP contribution is -2.67. The zero-order valence-electron chi connectivity index (χ0n) is 5.47. The zero-order valence-corrected chi connectivity index (χ0v) is 6.29. The quantitative estimate of drug-likeness (QED) is 0.272. The summed E-state index contributed by atoms with van der Waals surface area (Å²) in [5.41, 5.74) is 5.50. The van der Waals surface area contributed by atoms with Gasteiger partial charge in [-0.2, -0.15) is 0 Å². The molecule has 2 amide bonds. The molecule has 0 saturated carbocycles. The molecule has 0 aromatic carbocycles. The highest BCUT2D eigenvalue weighted by atomic mass is 32.1. The molecule has 2 saturated heterocycles. The van der Waals surface area contributed by atoms with Gasteiger partial charge in [0.2, 0.25) is 0 Å². The molecule has 0 unspecified atom stereocenters. The maximum Gasteiger partial charge on any atom is 0.317 e. The number of thiocarbonyl (C=S) groups is 1. The van der Waals surface area contributed by atoms with Crippen molar-refractivity contribution >= 4 is 23.4 Å². The van der Waals surface area contributed by atoms with E-state index in [1.165, 1.54) is 0 Å². The van der Waals surface area contributed by atoms with Gasteiger partial charge < -0.3 is 16.0 Å². The number of hydrazine groups is 1. The van der Waals surface area contributed by atoms with E-state index < -0.39 is 0 Å². The minimum absolute atomic E-state index is 0.144. The molecule has 2 heterocycles. The van der Waals surface area contributed by atoms with Crippen LogP contribution in [0.3, 0.4) is 0 Å². The van der Waals surface area contributed by atoms with E-state index in [4.69, 9.17) is 12.2 Å². The van der Waals surface area contributed by atoms with Gasteiger partial charge in [0, 0.05) is 0 Å². The third-order valence-corrected chi connectivity index (χ3v) is 1.75. The summed E-state index contributed by atoms with van der Waals surface area (Å²) < 4.78 is 0. The van der Waals surface area contributed by atoms with Gasteiger partial charge in [0.1, 0.15) is 12.3 Å². The molecule has 7 heteroatoms. The van der Waals surface area contributed by atoms with Crippen molar-refractivity contribution in [3.8, 4) is 0 Å². The number of hydrogen-bond donors (Lipinski definition) is 5. The molecule has 2 aliphatic rings. The van der Waals surface area contributed by atoms with Crippen molar-refractivity contribution in [1.29, 1.82) is 0 Å². The lowest BCUT2D eigenvalue weighted by Gasteiger charge is -2.28. The highest BCUT2D eigenvalue weighted by Gasteiger charge is 2.34. The van der Waals surface area contributed by atoms with Crippen molar-refractivity contribution in [1.82, 2.24) is 26.8 Å². The number of urea groups is 1. The van der Waals surface area contributed by atoms with E-state index in [1.54, 1.807) is 0 Å². The molecule has 2 aliphatic heterocycles. The lowest BCUT2D eigenvalue weighted by molar-refractivity contribution is 0.246. The first-order valence-corrected chi connectivity index (χ1v) is 3.55. The van der Waals surface area contributed by atoms with Crippen LogP contribution in [-0.4, -0.2) is 23.5 Å². The Bertz CT molecular complexity index is 217. The SMILES string of the molecule is O=C1N[C@@H]2NNC(=S)N[C@@H]2N1. The summed E-state index contributed by atoms with van der Waals surface area (Å²) in [6.07, 6.45) is -0.301. The normalized spacial score (nSPS) is 34.5. The van der Waals surface area contributed by atoms with Crippen LogP contribution in [-0.2, 0) is 0 Å². The van der Waals surface area contributed by atoms with Crippen molar-refractivity contribution in [2.75, 3.05) is 0 Å². The monoisotopic (exact) mass is 173 g/mol. The minimum atomic E-state index is -0.202. The molecule has 2 atom stereocenters. The van der Waals surface area contributed by atoms with E-state index in [0.29, 0.717) is 5.11 Å². The Labute approximate surface area is 68.1 Å². The number of amides is 2. The van der Waals surface area contributed by atoms with Crippen molar-refractivity contribution in [3.05, 3.63) is 0 Å². The second-order valence-corrected chi connectivity index (χ2v) is 2.72. The van der Waals surface area contributed by atoms with Crippen molar-refractivity contribution < 1.29 is 4.79 Å². The van der Waals surface area contributed by atoms with Crippen LogP contribution in [0, 0.1) is 0 Å². The van der Waals surface area contributed by atoms with Crippen molar-refractivity contribution in [3.63, 3.8) is 0 Å². The fourth-order valence-electron chi connectivity index (χ4n) is 1.05. The summed E-state index contributed by atoms with van der Waals surface area (Å²) >= 11 is 4.80. The topological polar surface area (TPSA) is 77.2 Å². The Morgan fingerprint density at radius 2 is 1.91 bits per heavy atom. The zero-order chi connectivity index (χ0) is 7.84. The van der Waals surface area contributed by atoms with Crippen LogP contribution in [0.2, 0.25) is 0 Å². The third-order valence-electron chi connectivity index (χ3n) is 1.53. The van der Waals surface area contributed by atoms with E-state index in [1.807, 2.05) is 0 Å². The van der Waals surface area contributed by atoms with Crippen LogP contribution in [0.15, 0.2) is 0 Å². The number of carbonyl (C=O) groups excluding carboxylic acids is 1. The molecule has 2 fully saturated rings. The van der Waals surface area contributed by atoms with Gasteiger partial charge in [-0.3, -0.25) is 5.43 Å². The molecular weight excluding hydrogens is 166 g/mol. The number of carbonyl (C=O) groups is 1. The van der Waals surface area contributed by atoms with Gasteiger partial charge in [0.05, 0.1) is 0 Å². The van der Waals surface area contributed by atoms with Gasteiger partial charge in [-0.25, -0.2) is 10.2 Å².